The Morgan fingerprint density at radius 1 is 0.947 bits per heavy atom. The molecule has 0 fully saturated rings. The summed E-state index contributed by atoms with van der Waals surface area (Å²) in [5.74, 6) is 0.160. The van der Waals surface area contributed by atoms with Crippen molar-refractivity contribution in [3.05, 3.63) is 54.1 Å². The van der Waals surface area contributed by atoms with Gasteiger partial charge >= 0.3 is 0 Å². The summed E-state index contributed by atoms with van der Waals surface area (Å²) in [5, 5.41) is 0. The lowest BCUT2D eigenvalue weighted by atomic mass is 9.85. The van der Waals surface area contributed by atoms with E-state index in [0.29, 0.717) is 0 Å². The van der Waals surface area contributed by atoms with E-state index in [2.05, 4.69) is 24.3 Å². The van der Waals surface area contributed by atoms with Gasteiger partial charge in [0.2, 0.25) is 5.91 Å². The number of likely N-dealkylation sites (N-methyl/N-ethyl adjacent to an activating group) is 1. The second kappa shape index (κ2) is 3.95. The van der Waals surface area contributed by atoms with E-state index in [1.165, 1.54) is 5.56 Å². The average molecular weight is 251 g/mol. The molecule has 0 aliphatic carbocycles. The molecule has 0 saturated heterocycles. The van der Waals surface area contributed by atoms with E-state index in [4.69, 9.17) is 0 Å². The van der Waals surface area contributed by atoms with Crippen molar-refractivity contribution in [2.24, 2.45) is 0 Å². The smallest absolute Gasteiger partial charge is 0.236 e. The number of amides is 1. The number of hydrogen-bond donors (Lipinski definition) is 0. The highest BCUT2D eigenvalue weighted by Gasteiger charge is 2.42. The normalized spacial score (nSPS) is 16.6. The number of hydrogen-bond acceptors (Lipinski definition) is 1. The quantitative estimate of drug-likeness (QED) is 0.758. The van der Waals surface area contributed by atoms with Gasteiger partial charge in [0.05, 0.1) is 5.41 Å². The standard InChI is InChI=1S/C17H17NO/c1-17(2)14-11-13(12-7-5-4-6-8-12)9-10-15(14)18(3)16(17)19/h4-11H,1-3H3. The van der Waals surface area contributed by atoms with Crippen LogP contribution in [0.15, 0.2) is 48.5 Å². The largest absolute Gasteiger partial charge is 0.314 e. The maximum absolute atomic E-state index is 12.3. The summed E-state index contributed by atoms with van der Waals surface area (Å²) in [6.07, 6.45) is 0. The number of anilines is 1. The summed E-state index contributed by atoms with van der Waals surface area (Å²) in [6, 6.07) is 16.5. The molecule has 2 aromatic carbocycles. The van der Waals surface area contributed by atoms with Crippen LogP contribution in [-0.4, -0.2) is 13.0 Å². The lowest BCUT2D eigenvalue weighted by Gasteiger charge is -2.16. The van der Waals surface area contributed by atoms with Gasteiger partial charge in [-0.05, 0) is 42.7 Å². The minimum Gasteiger partial charge on any atom is -0.314 e. The Balaban J connectivity index is 2.17. The third-order valence-electron chi connectivity index (χ3n) is 3.98. The van der Waals surface area contributed by atoms with Gasteiger partial charge in [0.1, 0.15) is 0 Å². The first-order chi connectivity index (χ1) is 9.01. The van der Waals surface area contributed by atoms with Crippen molar-refractivity contribution in [3.63, 3.8) is 0 Å². The lowest BCUT2D eigenvalue weighted by molar-refractivity contribution is -0.121. The second-order valence-electron chi connectivity index (χ2n) is 5.59. The van der Waals surface area contributed by atoms with E-state index in [1.54, 1.807) is 4.90 Å². The third kappa shape index (κ3) is 1.67. The molecule has 2 nitrogen and oxygen atoms in total. The van der Waals surface area contributed by atoms with Crippen molar-refractivity contribution < 1.29 is 4.79 Å². The zero-order chi connectivity index (χ0) is 13.6. The van der Waals surface area contributed by atoms with E-state index in [0.717, 1.165) is 16.8 Å². The maximum Gasteiger partial charge on any atom is 0.236 e. The fraction of sp³-hybridized carbons (Fsp3) is 0.235. The molecule has 96 valence electrons. The van der Waals surface area contributed by atoms with Gasteiger partial charge in [-0.3, -0.25) is 4.79 Å². The van der Waals surface area contributed by atoms with Gasteiger partial charge in [-0.2, -0.15) is 0 Å². The predicted molar refractivity (Wildman–Crippen MR) is 78.3 cm³/mol. The zero-order valence-corrected chi connectivity index (χ0v) is 11.5. The Labute approximate surface area is 113 Å². The molecular weight excluding hydrogens is 234 g/mol. The van der Waals surface area contributed by atoms with Crippen LogP contribution in [-0.2, 0) is 10.2 Å². The summed E-state index contributed by atoms with van der Waals surface area (Å²) in [6.45, 7) is 3.98. The number of nitrogens with zero attached hydrogens (tertiary/aromatic N) is 1. The van der Waals surface area contributed by atoms with Crippen molar-refractivity contribution >= 4 is 11.6 Å². The predicted octanol–water partition coefficient (Wildman–Crippen LogP) is 3.61. The Morgan fingerprint density at radius 2 is 1.63 bits per heavy atom. The van der Waals surface area contributed by atoms with Crippen LogP contribution in [0.25, 0.3) is 11.1 Å². The van der Waals surface area contributed by atoms with E-state index < -0.39 is 5.41 Å². The number of carbonyl (C=O) groups excluding carboxylic acids is 1. The van der Waals surface area contributed by atoms with Crippen molar-refractivity contribution in [1.82, 2.24) is 0 Å². The van der Waals surface area contributed by atoms with E-state index in [9.17, 15) is 4.79 Å². The van der Waals surface area contributed by atoms with Gasteiger partial charge in [0.25, 0.3) is 0 Å². The minimum atomic E-state index is -0.436. The molecule has 1 heterocycles. The highest BCUT2D eigenvalue weighted by atomic mass is 16.2. The molecule has 19 heavy (non-hydrogen) atoms. The number of carbonyl (C=O) groups is 1. The minimum absolute atomic E-state index is 0.160. The van der Waals surface area contributed by atoms with Crippen molar-refractivity contribution in [3.8, 4) is 11.1 Å². The van der Waals surface area contributed by atoms with Crippen LogP contribution in [0, 0.1) is 0 Å². The topological polar surface area (TPSA) is 20.3 Å². The van der Waals surface area contributed by atoms with Crippen molar-refractivity contribution in [1.29, 1.82) is 0 Å². The van der Waals surface area contributed by atoms with Gasteiger partial charge in [0, 0.05) is 12.7 Å². The maximum atomic E-state index is 12.3. The highest BCUT2D eigenvalue weighted by molar-refractivity contribution is 6.07. The molecule has 0 spiro atoms. The van der Waals surface area contributed by atoms with Crippen LogP contribution < -0.4 is 4.90 Å². The average Bonchev–Trinajstić information content (AvgIpc) is 2.61. The second-order valence-corrected chi connectivity index (χ2v) is 5.59. The van der Waals surface area contributed by atoms with E-state index in [1.807, 2.05) is 45.2 Å². The Kier molecular flexibility index (Phi) is 2.49. The fourth-order valence-electron chi connectivity index (χ4n) is 2.78. The monoisotopic (exact) mass is 251 g/mol. The first kappa shape index (κ1) is 12.0. The third-order valence-corrected chi connectivity index (χ3v) is 3.98. The van der Waals surface area contributed by atoms with Crippen LogP contribution in [0.5, 0.6) is 0 Å². The molecule has 1 amide bonds. The van der Waals surface area contributed by atoms with E-state index >= 15 is 0 Å². The molecular formula is C17H17NO. The molecule has 2 aromatic rings. The molecule has 0 bridgehead atoms. The summed E-state index contributed by atoms with van der Waals surface area (Å²) in [7, 11) is 1.85. The molecule has 1 aliphatic rings. The zero-order valence-electron chi connectivity index (χ0n) is 11.5. The molecule has 3 rings (SSSR count). The van der Waals surface area contributed by atoms with Crippen molar-refractivity contribution in [2.75, 3.05) is 11.9 Å². The van der Waals surface area contributed by atoms with Crippen LogP contribution in [0.3, 0.4) is 0 Å². The fourth-order valence-corrected chi connectivity index (χ4v) is 2.78. The summed E-state index contributed by atoms with van der Waals surface area (Å²) < 4.78 is 0. The SMILES string of the molecule is CN1C(=O)C(C)(C)c2cc(-c3ccccc3)ccc21. The Morgan fingerprint density at radius 3 is 2.32 bits per heavy atom. The van der Waals surface area contributed by atoms with E-state index in [-0.39, 0.29) is 5.91 Å². The van der Waals surface area contributed by atoms with Gasteiger partial charge in [0.15, 0.2) is 0 Å². The number of rotatable bonds is 1. The number of benzene rings is 2. The summed E-state index contributed by atoms with van der Waals surface area (Å²) in [5.41, 5.74) is 4.05. The molecule has 0 radical (unpaired) electrons. The molecule has 0 atom stereocenters. The van der Waals surface area contributed by atoms with Gasteiger partial charge in [-0.1, -0.05) is 36.4 Å². The van der Waals surface area contributed by atoms with Crippen molar-refractivity contribution in [2.45, 2.75) is 19.3 Å². The van der Waals surface area contributed by atoms with Crippen LogP contribution in [0.2, 0.25) is 0 Å². The molecule has 0 aromatic heterocycles. The molecule has 1 aliphatic heterocycles. The first-order valence-electron chi connectivity index (χ1n) is 6.50. The Bertz CT molecular complexity index is 644. The van der Waals surface area contributed by atoms with Gasteiger partial charge in [-0.15, -0.1) is 0 Å². The van der Waals surface area contributed by atoms with Crippen LogP contribution in [0.1, 0.15) is 19.4 Å². The van der Waals surface area contributed by atoms with Crippen LogP contribution >= 0.6 is 0 Å². The van der Waals surface area contributed by atoms with Crippen LogP contribution in [0.4, 0.5) is 5.69 Å². The Hall–Kier alpha value is -2.09. The number of fused-ring (bicyclic) bond motifs is 1. The molecule has 2 heteroatoms. The molecule has 0 unspecified atom stereocenters. The first-order valence-corrected chi connectivity index (χ1v) is 6.50. The summed E-state index contributed by atoms with van der Waals surface area (Å²) in [4.78, 5) is 14.0. The van der Waals surface area contributed by atoms with Gasteiger partial charge < -0.3 is 4.90 Å². The molecule has 0 N–H and O–H groups in total. The summed E-state index contributed by atoms with van der Waals surface area (Å²) >= 11 is 0. The molecule has 0 saturated carbocycles. The lowest BCUT2D eigenvalue weighted by Crippen LogP contribution is -2.33. The highest BCUT2D eigenvalue weighted by Crippen LogP contribution is 2.42. The van der Waals surface area contributed by atoms with Gasteiger partial charge in [-0.25, -0.2) is 0 Å².